The first-order chi connectivity index (χ1) is 9.09. The van der Waals surface area contributed by atoms with Gasteiger partial charge in [-0.2, -0.15) is 0 Å². The molecule has 3 heteroatoms. The van der Waals surface area contributed by atoms with Crippen molar-refractivity contribution in [3.05, 3.63) is 18.2 Å². The zero-order chi connectivity index (χ0) is 13.0. The third-order valence-electron chi connectivity index (χ3n) is 4.75. The first kappa shape index (κ1) is 11.4. The van der Waals surface area contributed by atoms with Crippen molar-refractivity contribution in [2.45, 2.75) is 51.4 Å². The van der Waals surface area contributed by atoms with Crippen LogP contribution in [-0.2, 0) is 0 Å². The molecule has 2 bridgehead atoms. The average molecular weight is 259 g/mol. The fourth-order valence-electron chi connectivity index (χ4n) is 3.95. The zero-order valence-electron chi connectivity index (χ0n) is 11.6. The Morgan fingerprint density at radius 2 is 1.95 bits per heavy atom. The fraction of sp³-hybridized carbons (Fsp3) is 0.625. The Morgan fingerprint density at radius 3 is 2.68 bits per heavy atom. The van der Waals surface area contributed by atoms with E-state index in [4.69, 9.17) is 9.47 Å². The van der Waals surface area contributed by atoms with Gasteiger partial charge >= 0.3 is 0 Å². The van der Waals surface area contributed by atoms with E-state index in [1.807, 2.05) is 19.9 Å². The summed E-state index contributed by atoms with van der Waals surface area (Å²) in [5.74, 6) is 3.02. The van der Waals surface area contributed by atoms with Gasteiger partial charge in [-0.3, -0.25) is 0 Å². The van der Waals surface area contributed by atoms with Crippen LogP contribution in [0.1, 0.15) is 39.5 Å². The molecule has 19 heavy (non-hydrogen) atoms. The van der Waals surface area contributed by atoms with Gasteiger partial charge in [0.15, 0.2) is 11.5 Å². The molecule has 0 saturated heterocycles. The van der Waals surface area contributed by atoms with Crippen LogP contribution in [0.2, 0.25) is 0 Å². The molecule has 3 unspecified atom stereocenters. The van der Waals surface area contributed by atoms with Crippen LogP contribution >= 0.6 is 0 Å². The monoisotopic (exact) mass is 259 g/mol. The Morgan fingerprint density at radius 1 is 1.11 bits per heavy atom. The SMILES string of the molecule is CC1(C)Oc2ccc(NC3CC4CCC3C4)cc2O1. The summed E-state index contributed by atoms with van der Waals surface area (Å²) in [7, 11) is 0. The van der Waals surface area contributed by atoms with Gasteiger partial charge < -0.3 is 14.8 Å². The quantitative estimate of drug-likeness (QED) is 0.876. The Balaban J connectivity index is 1.51. The van der Waals surface area contributed by atoms with Gasteiger partial charge in [0, 0.05) is 31.6 Å². The molecule has 4 rings (SSSR count). The molecule has 0 aromatic heterocycles. The van der Waals surface area contributed by atoms with Crippen LogP contribution in [0.5, 0.6) is 11.5 Å². The van der Waals surface area contributed by atoms with Crippen molar-refractivity contribution in [3.8, 4) is 11.5 Å². The number of hydrogen-bond donors (Lipinski definition) is 1. The molecule has 0 radical (unpaired) electrons. The first-order valence-electron chi connectivity index (χ1n) is 7.38. The molecule has 2 aliphatic carbocycles. The van der Waals surface area contributed by atoms with E-state index < -0.39 is 5.79 Å². The third kappa shape index (κ3) is 1.96. The summed E-state index contributed by atoms with van der Waals surface area (Å²) in [4.78, 5) is 0. The van der Waals surface area contributed by atoms with Gasteiger partial charge in [-0.05, 0) is 43.2 Å². The molecular weight excluding hydrogens is 238 g/mol. The molecule has 1 heterocycles. The predicted octanol–water partition coefficient (Wildman–Crippen LogP) is 3.79. The highest BCUT2D eigenvalue weighted by Crippen LogP contribution is 2.46. The van der Waals surface area contributed by atoms with Crippen molar-refractivity contribution in [2.24, 2.45) is 11.8 Å². The Kier molecular flexibility index (Phi) is 2.30. The molecule has 0 amide bonds. The number of fused-ring (bicyclic) bond motifs is 3. The molecule has 3 nitrogen and oxygen atoms in total. The van der Waals surface area contributed by atoms with Gasteiger partial charge in [-0.15, -0.1) is 0 Å². The summed E-state index contributed by atoms with van der Waals surface area (Å²) in [6.45, 7) is 3.88. The standard InChI is InChI=1S/C16H21NO2/c1-16(2)18-14-6-5-12(9-15(14)19-16)17-13-8-10-3-4-11(13)7-10/h5-6,9-11,13,17H,3-4,7-8H2,1-2H3. The molecule has 1 aromatic rings. The summed E-state index contributed by atoms with van der Waals surface area (Å²) in [5.41, 5.74) is 1.16. The molecule has 2 fully saturated rings. The second-order valence-electron chi connectivity index (χ2n) is 6.69. The van der Waals surface area contributed by atoms with Gasteiger partial charge in [0.1, 0.15) is 0 Å². The van der Waals surface area contributed by atoms with Gasteiger partial charge in [0.2, 0.25) is 5.79 Å². The number of hydrogen-bond acceptors (Lipinski definition) is 3. The summed E-state index contributed by atoms with van der Waals surface area (Å²) in [6, 6.07) is 6.86. The predicted molar refractivity (Wildman–Crippen MR) is 74.6 cm³/mol. The van der Waals surface area contributed by atoms with Crippen LogP contribution in [0, 0.1) is 11.8 Å². The van der Waals surface area contributed by atoms with E-state index in [2.05, 4.69) is 17.4 Å². The molecule has 1 aromatic carbocycles. The van der Waals surface area contributed by atoms with E-state index in [0.29, 0.717) is 6.04 Å². The minimum Gasteiger partial charge on any atom is -0.449 e. The van der Waals surface area contributed by atoms with E-state index >= 15 is 0 Å². The zero-order valence-corrected chi connectivity index (χ0v) is 11.6. The lowest BCUT2D eigenvalue weighted by Crippen LogP contribution is -2.29. The number of anilines is 1. The maximum absolute atomic E-state index is 5.80. The normalized spacial score (nSPS) is 33.7. The van der Waals surface area contributed by atoms with Crippen molar-refractivity contribution in [2.75, 3.05) is 5.32 Å². The second-order valence-corrected chi connectivity index (χ2v) is 6.69. The lowest BCUT2D eigenvalue weighted by atomic mass is 9.95. The number of nitrogens with one attached hydrogen (secondary N) is 1. The summed E-state index contributed by atoms with van der Waals surface area (Å²) in [5, 5.41) is 3.69. The Hall–Kier alpha value is -1.38. The Bertz CT molecular complexity index is 511. The summed E-state index contributed by atoms with van der Waals surface area (Å²) < 4.78 is 11.5. The molecule has 0 spiro atoms. The van der Waals surface area contributed by atoms with Gasteiger partial charge in [-0.25, -0.2) is 0 Å². The highest BCUT2D eigenvalue weighted by Gasteiger charge is 2.39. The number of ether oxygens (including phenoxy) is 2. The number of benzene rings is 1. The smallest absolute Gasteiger partial charge is 0.246 e. The largest absolute Gasteiger partial charge is 0.449 e. The fourth-order valence-corrected chi connectivity index (χ4v) is 3.95. The second kappa shape index (κ2) is 3.81. The maximum atomic E-state index is 5.80. The van der Waals surface area contributed by atoms with Crippen molar-refractivity contribution in [3.63, 3.8) is 0 Å². The third-order valence-corrected chi connectivity index (χ3v) is 4.75. The van der Waals surface area contributed by atoms with E-state index in [0.717, 1.165) is 29.0 Å². The molecule has 3 atom stereocenters. The summed E-state index contributed by atoms with van der Waals surface area (Å²) in [6.07, 6.45) is 5.61. The highest BCUT2D eigenvalue weighted by molar-refractivity contribution is 5.56. The minimum atomic E-state index is -0.534. The summed E-state index contributed by atoms with van der Waals surface area (Å²) >= 11 is 0. The van der Waals surface area contributed by atoms with E-state index in [1.165, 1.54) is 25.7 Å². The number of rotatable bonds is 2. The average Bonchev–Trinajstić information content (AvgIpc) is 3.00. The molecule has 2 saturated carbocycles. The van der Waals surface area contributed by atoms with Crippen molar-refractivity contribution in [1.29, 1.82) is 0 Å². The van der Waals surface area contributed by atoms with E-state index in [-0.39, 0.29) is 0 Å². The minimum absolute atomic E-state index is 0.534. The molecule has 102 valence electrons. The molecular formula is C16H21NO2. The van der Waals surface area contributed by atoms with Crippen LogP contribution in [0.3, 0.4) is 0 Å². The van der Waals surface area contributed by atoms with Crippen molar-refractivity contribution >= 4 is 5.69 Å². The lowest BCUT2D eigenvalue weighted by molar-refractivity contribution is -0.0431. The topological polar surface area (TPSA) is 30.5 Å². The van der Waals surface area contributed by atoms with Crippen LogP contribution < -0.4 is 14.8 Å². The Labute approximate surface area is 114 Å². The lowest BCUT2D eigenvalue weighted by Gasteiger charge is -2.24. The van der Waals surface area contributed by atoms with E-state index in [9.17, 15) is 0 Å². The van der Waals surface area contributed by atoms with Gasteiger partial charge in [0.25, 0.3) is 0 Å². The highest BCUT2D eigenvalue weighted by atomic mass is 16.7. The van der Waals surface area contributed by atoms with Crippen LogP contribution in [-0.4, -0.2) is 11.8 Å². The van der Waals surface area contributed by atoms with Crippen molar-refractivity contribution < 1.29 is 9.47 Å². The molecule has 1 aliphatic heterocycles. The van der Waals surface area contributed by atoms with Crippen molar-refractivity contribution in [1.82, 2.24) is 0 Å². The molecule has 1 N–H and O–H groups in total. The van der Waals surface area contributed by atoms with Crippen LogP contribution in [0.25, 0.3) is 0 Å². The van der Waals surface area contributed by atoms with Crippen LogP contribution in [0.15, 0.2) is 18.2 Å². The first-order valence-corrected chi connectivity index (χ1v) is 7.38. The van der Waals surface area contributed by atoms with E-state index in [1.54, 1.807) is 0 Å². The maximum Gasteiger partial charge on any atom is 0.246 e. The molecule has 3 aliphatic rings. The van der Waals surface area contributed by atoms with Gasteiger partial charge in [-0.1, -0.05) is 6.42 Å². The van der Waals surface area contributed by atoms with Crippen LogP contribution in [0.4, 0.5) is 5.69 Å². The van der Waals surface area contributed by atoms with Gasteiger partial charge in [0.05, 0.1) is 0 Å².